The first-order valence-electron chi connectivity index (χ1n) is 13.7. The van der Waals surface area contributed by atoms with E-state index >= 15 is 0 Å². The van der Waals surface area contributed by atoms with Crippen LogP contribution in [-0.2, 0) is 20.9 Å². The van der Waals surface area contributed by atoms with E-state index in [1.807, 2.05) is 12.1 Å². The van der Waals surface area contributed by atoms with Gasteiger partial charge in [-0.25, -0.2) is 0 Å². The van der Waals surface area contributed by atoms with Crippen LogP contribution in [0.4, 0.5) is 27.6 Å². The lowest BCUT2D eigenvalue weighted by Crippen LogP contribution is -2.47. The number of alkyl halides is 5. The van der Waals surface area contributed by atoms with Crippen molar-refractivity contribution in [3.05, 3.63) is 42.0 Å². The van der Waals surface area contributed by atoms with Crippen molar-refractivity contribution in [3.8, 4) is 0 Å². The van der Waals surface area contributed by atoms with E-state index in [0.717, 1.165) is 24.8 Å². The topological polar surface area (TPSA) is 75.6 Å². The summed E-state index contributed by atoms with van der Waals surface area (Å²) in [6, 6.07) is 5.60. The van der Waals surface area contributed by atoms with Crippen LogP contribution >= 0.6 is 0 Å². The molecule has 0 unspecified atom stereocenters. The number of hydrogen-bond donors (Lipinski definition) is 2. The van der Waals surface area contributed by atoms with E-state index in [0.29, 0.717) is 22.9 Å². The van der Waals surface area contributed by atoms with Gasteiger partial charge in [0.05, 0.1) is 12.3 Å². The van der Waals surface area contributed by atoms with Crippen LogP contribution in [0.2, 0.25) is 0 Å². The van der Waals surface area contributed by atoms with Crippen molar-refractivity contribution in [1.29, 1.82) is 0 Å². The Morgan fingerprint density at radius 2 is 1.90 bits per heavy atom. The molecule has 2 fully saturated rings. The van der Waals surface area contributed by atoms with E-state index < -0.39 is 34.9 Å². The third-order valence-electron chi connectivity index (χ3n) is 9.51. The third kappa shape index (κ3) is 5.86. The molecule has 0 amide bonds. The number of aliphatic hydroxyl groups is 1. The van der Waals surface area contributed by atoms with E-state index in [1.54, 1.807) is 6.07 Å². The minimum absolute atomic E-state index is 0.0688. The maximum atomic E-state index is 13.1. The Kier molecular flexibility index (Phi) is 8.47. The van der Waals surface area contributed by atoms with Gasteiger partial charge in [-0.05, 0) is 97.3 Å². The van der Waals surface area contributed by atoms with E-state index in [4.69, 9.17) is 4.18 Å². The summed E-state index contributed by atoms with van der Waals surface area (Å²) in [6.07, 6.45) is 0.700. The van der Waals surface area contributed by atoms with Gasteiger partial charge in [-0.3, -0.25) is 8.91 Å². The lowest BCUT2D eigenvalue weighted by molar-refractivity contribution is -0.313. The standard InChI is InChI=1S/C28H38F5NO4S/c1-3-26-16-12-19-18-20(10-11-21(19)22(26)13-15-25(2)14-7-8-23(25)26)34-39(36,37)38-17-6-4-5-9-24(35)27(29,30)28(31,32)33/h3,10-11,18,22-24,34-35H,1,4-9,12-17H2,2H3/t22-,23-,24-,25+,26-/m1/s1. The van der Waals surface area contributed by atoms with Crippen molar-refractivity contribution in [3.63, 3.8) is 0 Å². The fourth-order valence-electron chi connectivity index (χ4n) is 7.52. The number of aliphatic hydroxyl groups excluding tert-OH is 1. The quantitative estimate of drug-likeness (QED) is 0.164. The van der Waals surface area contributed by atoms with Gasteiger partial charge < -0.3 is 5.11 Å². The van der Waals surface area contributed by atoms with Crippen LogP contribution in [0.25, 0.3) is 0 Å². The molecule has 0 aromatic heterocycles. The first kappa shape index (κ1) is 30.2. The fraction of sp³-hybridized carbons (Fsp3) is 0.714. The first-order chi connectivity index (χ1) is 18.2. The van der Waals surface area contributed by atoms with Gasteiger partial charge in [0.1, 0.15) is 6.10 Å². The lowest BCUT2D eigenvalue weighted by atomic mass is 9.47. The maximum absolute atomic E-state index is 13.1. The van der Waals surface area contributed by atoms with Gasteiger partial charge in [0.15, 0.2) is 0 Å². The number of rotatable bonds is 11. The monoisotopic (exact) mass is 579 g/mol. The molecule has 5 nitrogen and oxygen atoms in total. The molecule has 5 atom stereocenters. The van der Waals surface area contributed by atoms with Gasteiger partial charge in [-0.2, -0.15) is 30.4 Å². The van der Waals surface area contributed by atoms with Crippen LogP contribution in [0.15, 0.2) is 30.9 Å². The highest BCUT2D eigenvalue weighted by molar-refractivity contribution is 7.88. The van der Waals surface area contributed by atoms with Crippen LogP contribution in [0, 0.1) is 16.7 Å². The Morgan fingerprint density at radius 1 is 1.15 bits per heavy atom. The molecule has 0 saturated heterocycles. The summed E-state index contributed by atoms with van der Waals surface area (Å²) in [5.74, 6) is -4.20. The van der Waals surface area contributed by atoms with Crippen molar-refractivity contribution in [2.45, 2.75) is 102 Å². The number of allylic oxidation sites excluding steroid dienone is 1. The van der Waals surface area contributed by atoms with Crippen molar-refractivity contribution < 1.29 is 39.7 Å². The molecule has 1 aromatic rings. The highest BCUT2D eigenvalue weighted by Crippen LogP contribution is 2.67. The largest absolute Gasteiger partial charge is 0.456 e. The van der Waals surface area contributed by atoms with Crippen molar-refractivity contribution >= 4 is 16.0 Å². The predicted molar refractivity (Wildman–Crippen MR) is 139 cm³/mol. The van der Waals surface area contributed by atoms with Gasteiger partial charge in [-0.15, -0.1) is 6.58 Å². The summed E-state index contributed by atoms with van der Waals surface area (Å²) in [5.41, 5.74) is 3.20. The molecule has 0 heterocycles. The number of benzene rings is 1. The van der Waals surface area contributed by atoms with Crippen LogP contribution in [0.1, 0.15) is 88.2 Å². The van der Waals surface area contributed by atoms with Crippen molar-refractivity contribution in [2.24, 2.45) is 16.7 Å². The molecule has 220 valence electrons. The molecule has 3 aliphatic rings. The summed E-state index contributed by atoms with van der Waals surface area (Å²) in [7, 11) is -4.15. The Bertz CT molecular complexity index is 1160. The van der Waals surface area contributed by atoms with Gasteiger partial charge in [0.25, 0.3) is 0 Å². The smallest absolute Gasteiger partial charge is 0.386 e. The van der Waals surface area contributed by atoms with E-state index in [-0.39, 0.29) is 31.3 Å². The zero-order chi connectivity index (χ0) is 28.7. The van der Waals surface area contributed by atoms with Crippen molar-refractivity contribution in [2.75, 3.05) is 11.3 Å². The number of nitrogens with one attached hydrogen (secondary N) is 1. The third-order valence-corrected chi connectivity index (χ3v) is 10.5. The predicted octanol–water partition coefficient (Wildman–Crippen LogP) is 7.28. The molecule has 11 heteroatoms. The average Bonchev–Trinajstić information content (AvgIpc) is 3.27. The Hall–Kier alpha value is -1.72. The second kappa shape index (κ2) is 10.9. The molecule has 0 aliphatic heterocycles. The molecule has 3 aliphatic carbocycles. The molecular weight excluding hydrogens is 541 g/mol. The van der Waals surface area contributed by atoms with Crippen LogP contribution in [0.3, 0.4) is 0 Å². The molecule has 39 heavy (non-hydrogen) atoms. The number of fused-ring (bicyclic) bond motifs is 5. The summed E-state index contributed by atoms with van der Waals surface area (Å²) in [5, 5.41) is 9.18. The lowest BCUT2D eigenvalue weighted by Gasteiger charge is -2.56. The number of aryl methyl sites for hydroxylation is 1. The summed E-state index contributed by atoms with van der Waals surface area (Å²) in [6.45, 7) is 6.43. The number of hydrogen-bond acceptors (Lipinski definition) is 4. The molecule has 2 saturated carbocycles. The first-order valence-corrected chi connectivity index (χ1v) is 15.1. The Labute approximate surface area is 227 Å². The van der Waals surface area contributed by atoms with E-state index in [1.165, 1.54) is 31.2 Å². The molecule has 2 N–H and O–H groups in total. The van der Waals surface area contributed by atoms with Crippen LogP contribution in [0.5, 0.6) is 0 Å². The SMILES string of the molecule is C=C[C@@]12CCc3cc(NS(=O)(=O)OCCCCC[C@@H](O)C(F)(F)C(F)(F)F)ccc3[C@H]1CC[C@]1(C)CCC[C@H]12. The van der Waals surface area contributed by atoms with Gasteiger partial charge >= 0.3 is 22.4 Å². The summed E-state index contributed by atoms with van der Waals surface area (Å²) in [4.78, 5) is 0. The second-order valence-electron chi connectivity index (χ2n) is 11.8. The van der Waals surface area contributed by atoms with Gasteiger partial charge in [-0.1, -0.05) is 38.3 Å². The molecular formula is C28H38F5NO4S. The minimum atomic E-state index is -5.82. The minimum Gasteiger partial charge on any atom is -0.386 e. The zero-order valence-corrected chi connectivity index (χ0v) is 23.0. The summed E-state index contributed by atoms with van der Waals surface area (Å²) >= 11 is 0. The van der Waals surface area contributed by atoms with Gasteiger partial charge in [0, 0.05) is 0 Å². The highest BCUT2D eigenvalue weighted by atomic mass is 32.2. The second-order valence-corrected chi connectivity index (χ2v) is 13.1. The van der Waals surface area contributed by atoms with E-state index in [2.05, 4.69) is 24.3 Å². The molecule has 4 rings (SSSR count). The number of halogens is 5. The molecule has 0 radical (unpaired) electrons. The zero-order valence-electron chi connectivity index (χ0n) is 22.2. The van der Waals surface area contributed by atoms with Crippen LogP contribution < -0.4 is 4.72 Å². The molecule has 0 spiro atoms. The van der Waals surface area contributed by atoms with Crippen molar-refractivity contribution in [1.82, 2.24) is 0 Å². The summed E-state index contributed by atoms with van der Waals surface area (Å²) < 4.78 is 95.2. The number of unbranched alkanes of at least 4 members (excludes halogenated alkanes) is 2. The Morgan fingerprint density at radius 3 is 2.59 bits per heavy atom. The Balaban J connectivity index is 1.30. The molecule has 0 bridgehead atoms. The maximum Gasteiger partial charge on any atom is 0.456 e. The van der Waals surface area contributed by atoms with E-state index in [9.17, 15) is 35.5 Å². The fourth-order valence-corrected chi connectivity index (χ4v) is 8.33. The average molecular weight is 580 g/mol. The highest BCUT2D eigenvalue weighted by Gasteiger charge is 2.62. The normalized spacial score (nSPS) is 29.7. The van der Waals surface area contributed by atoms with Gasteiger partial charge in [0.2, 0.25) is 0 Å². The van der Waals surface area contributed by atoms with Crippen LogP contribution in [-0.4, -0.2) is 38.3 Å². The molecule has 1 aromatic carbocycles. The number of anilines is 1.